The van der Waals surface area contributed by atoms with Gasteiger partial charge in [-0.2, -0.15) is 0 Å². The SMILES string of the molecule is CC(CCNC(=O)C1COCC1N)CCC(=O)O. The molecule has 1 heterocycles. The zero-order chi connectivity index (χ0) is 13.5. The van der Waals surface area contributed by atoms with Crippen LogP contribution in [0.2, 0.25) is 0 Å². The van der Waals surface area contributed by atoms with Gasteiger partial charge in [0.15, 0.2) is 0 Å². The highest BCUT2D eigenvalue weighted by Gasteiger charge is 2.30. The number of amides is 1. The number of carboxylic acid groups (broad SMARTS) is 1. The largest absolute Gasteiger partial charge is 0.481 e. The van der Waals surface area contributed by atoms with E-state index in [4.69, 9.17) is 15.6 Å². The average Bonchev–Trinajstić information content (AvgIpc) is 2.72. The van der Waals surface area contributed by atoms with Gasteiger partial charge in [-0.25, -0.2) is 0 Å². The minimum atomic E-state index is -0.778. The normalized spacial score (nSPS) is 24.8. The maximum absolute atomic E-state index is 11.7. The maximum Gasteiger partial charge on any atom is 0.303 e. The molecule has 3 unspecified atom stereocenters. The number of hydrogen-bond acceptors (Lipinski definition) is 4. The number of rotatable bonds is 7. The minimum Gasteiger partial charge on any atom is -0.481 e. The molecule has 6 heteroatoms. The Hall–Kier alpha value is -1.14. The smallest absolute Gasteiger partial charge is 0.303 e. The Morgan fingerprint density at radius 2 is 2.17 bits per heavy atom. The second-order valence-electron chi connectivity index (χ2n) is 4.93. The van der Waals surface area contributed by atoms with Crippen molar-refractivity contribution in [1.82, 2.24) is 5.32 Å². The van der Waals surface area contributed by atoms with Gasteiger partial charge in [-0.15, -0.1) is 0 Å². The standard InChI is InChI=1S/C12H22N2O4/c1-8(2-3-11(15)16)4-5-14-12(17)9-6-18-7-10(9)13/h8-10H,2-7,13H2,1H3,(H,14,17)(H,15,16). The van der Waals surface area contributed by atoms with Crippen molar-refractivity contribution in [2.45, 2.75) is 32.2 Å². The molecule has 0 bridgehead atoms. The summed E-state index contributed by atoms with van der Waals surface area (Å²) in [6, 6.07) is -0.213. The van der Waals surface area contributed by atoms with Gasteiger partial charge in [0, 0.05) is 19.0 Å². The third-order valence-corrected chi connectivity index (χ3v) is 3.25. The third kappa shape index (κ3) is 5.01. The highest BCUT2D eigenvalue weighted by atomic mass is 16.5. The summed E-state index contributed by atoms with van der Waals surface area (Å²) >= 11 is 0. The molecule has 1 aliphatic heterocycles. The highest BCUT2D eigenvalue weighted by molar-refractivity contribution is 5.79. The second-order valence-corrected chi connectivity index (χ2v) is 4.93. The lowest BCUT2D eigenvalue weighted by Gasteiger charge is -2.15. The number of hydrogen-bond donors (Lipinski definition) is 3. The topological polar surface area (TPSA) is 102 Å². The van der Waals surface area contributed by atoms with E-state index in [0.717, 1.165) is 6.42 Å². The summed E-state index contributed by atoms with van der Waals surface area (Å²) in [5.74, 6) is -0.806. The summed E-state index contributed by atoms with van der Waals surface area (Å²) in [4.78, 5) is 22.1. The van der Waals surface area contributed by atoms with Crippen LogP contribution in [0.25, 0.3) is 0 Å². The lowest BCUT2D eigenvalue weighted by Crippen LogP contribution is -2.41. The first-order chi connectivity index (χ1) is 8.50. The van der Waals surface area contributed by atoms with Gasteiger partial charge in [0.1, 0.15) is 0 Å². The second kappa shape index (κ2) is 7.33. The molecule has 6 nitrogen and oxygen atoms in total. The van der Waals surface area contributed by atoms with Crippen LogP contribution in [0, 0.1) is 11.8 Å². The monoisotopic (exact) mass is 258 g/mol. The van der Waals surface area contributed by atoms with E-state index in [-0.39, 0.29) is 30.2 Å². The molecule has 0 aliphatic carbocycles. The van der Waals surface area contributed by atoms with E-state index in [0.29, 0.717) is 26.2 Å². The third-order valence-electron chi connectivity index (χ3n) is 3.25. The molecule has 1 aliphatic rings. The lowest BCUT2D eigenvalue weighted by molar-refractivity contribution is -0.137. The van der Waals surface area contributed by atoms with Crippen LogP contribution in [0.5, 0.6) is 0 Å². The van der Waals surface area contributed by atoms with Gasteiger partial charge in [-0.1, -0.05) is 6.92 Å². The molecular weight excluding hydrogens is 236 g/mol. The van der Waals surface area contributed by atoms with Crippen LogP contribution in [-0.4, -0.2) is 42.8 Å². The number of aliphatic carboxylic acids is 1. The van der Waals surface area contributed by atoms with Crippen molar-refractivity contribution >= 4 is 11.9 Å². The van der Waals surface area contributed by atoms with Gasteiger partial charge in [-0.05, 0) is 18.8 Å². The van der Waals surface area contributed by atoms with Gasteiger partial charge in [0.25, 0.3) is 0 Å². The van der Waals surface area contributed by atoms with Gasteiger partial charge >= 0.3 is 5.97 Å². The number of nitrogens with one attached hydrogen (secondary N) is 1. The Bertz CT molecular complexity index is 296. The van der Waals surface area contributed by atoms with Crippen LogP contribution in [0.15, 0.2) is 0 Å². The first kappa shape index (κ1) is 14.9. The summed E-state index contributed by atoms with van der Waals surface area (Å²) in [5.41, 5.74) is 5.74. The first-order valence-electron chi connectivity index (χ1n) is 6.33. The van der Waals surface area contributed by atoms with Gasteiger partial charge in [0.2, 0.25) is 5.91 Å². The minimum absolute atomic E-state index is 0.0644. The quantitative estimate of drug-likeness (QED) is 0.595. The summed E-state index contributed by atoms with van der Waals surface area (Å²) in [7, 11) is 0. The molecule has 4 N–H and O–H groups in total. The lowest BCUT2D eigenvalue weighted by atomic mass is 10.0. The molecule has 3 atom stereocenters. The zero-order valence-corrected chi connectivity index (χ0v) is 10.7. The summed E-state index contributed by atoms with van der Waals surface area (Å²) < 4.78 is 5.13. The molecule has 0 aromatic carbocycles. The Balaban J connectivity index is 2.13. The Kier molecular flexibility index (Phi) is 6.07. The Labute approximate surface area is 107 Å². The molecule has 104 valence electrons. The fourth-order valence-corrected chi connectivity index (χ4v) is 1.93. The molecule has 1 fully saturated rings. The molecule has 0 aromatic heterocycles. The summed E-state index contributed by atoms with van der Waals surface area (Å²) in [6.07, 6.45) is 1.59. The molecule has 0 saturated carbocycles. The highest BCUT2D eigenvalue weighted by Crippen LogP contribution is 2.12. The van der Waals surface area contributed by atoms with Crippen LogP contribution >= 0.6 is 0 Å². The number of nitrogens with two attached hydrogens (primary N) is 1. The van der Waals surface area contributed by atoms with Crippen molar-refractivity contribution < 1.29 is 19.4 Å². The predicted molar refractivity (Wildman–Crippen MR) is 65.9 cm³/mol. The van der Waals surface area contributed by atoms with Crippen LogP contribution in [0.4, 0.5) is 0 Å². The molecule has 0 radical (unpaired) electrons. The molecule has 1 saturated heterocycles. The number of carboxylic acids is 1. The van der Waals surface area contributed by atoms with Crippen molar-refractivity contribution in [3.8, 4) is 0 Å². The van der Waals surface area contributed by atoms with E-state index in [9.17, 15) is 9.59 Å². The van der Waals surface area contributed by atoms with Gasteiger partial charge in [-0.3, -0.25) is 9.59 Å². The summed E-state index contributed by atoms with van der Waals surface area (Å²) in [5, 5.41) is 11.4. The molecule has 18 heavy (non-hydrogen) atoms. The average molecular weight is 258 g/mol. The summed E-state index contributed by atoms with van der Waals surface area (Å²) in [6.45, 7) is 3.37. The molecule has 0 spiro atoms. The van der Waals surface area contributed by atoms with Crippen LogP contribution in [0.3, 0.4) is 0 Å². The van der Waals surface area contributed by atoms with Crippen LogP contribution < -0.4 is 11.1 Å². The number of carbonyl (C=O) groups excluding carboxylic acids is 1. The predicted octanol–water partition coefficient (Wildman–Crippen LogP) is -0.0327. The van der Waals surface area contributed by atoms with Crippen molar-refractivity contribution in [2.75, 3.05) is 19.8 Å². The van der Waals surface area contributed by atoms with E-state index in [1.807, 2.05) is 6.92 Å². The van der Waals surface area contributed by atoms with E-state index >= 15 is 0 Å². The van der Waals surface area contributed by atoms with Crippen molar-refractivity contribution in [3.05, 3.63) is 0 Å². The number of ether oxygens (including phenoxy) is 1. The van der Waals surface area contributed by atoms with Crippen molar-refractivity contribution in [3.63, 3.8) is 0 Å². The van der Waals surface area contributed by atoms with Gasteiger partial charge < -0.3 is 20.9 Å². The van der Waals surface area contributed by atoms with Crippen molar-refractivity contribution in [1.29, 1.82) is 0 Å². The van der Waals surface area contributed by atoms with E-state index in [2.05, 4.69) is 5.32 Å². The van der Waals surface area contributed by atoms with E-state index < -0.39 is 5.97 Å². The van der Waals surface area contributed by atoms with Gasteiger partial charge in [0.05, 0.1) is 19.1 Å². The van der Waals surface area contributed by atoms with Crippen molar-refractivity contribution in [2.24, 2.45) is 17.6 Å². The Morgan fingerprint density at radius 3 is 2.72 bits per heavy atom. The number of carbonyl (C=O) groups is 2. The molecular formula is C12H22N2O4. The molecule has 0 aromatic rings. The van der Waals surface area contributed by atoms with E-state index in [1.165, 1.54) is 0 Å². The van der Waals surface area contributed by atoms with Crippen LogP contribution in [-0.2, 0) is 14.3 Å². The molecule has 1 amide bonds. The Morgan fingerprint density at radius 1 is 1.44 bits per heavy atom. The first-order valence-corrected chi connectivity index (χ1v) is 6.33. The fourth-order valence-electron chi connectivity index (χ4n) is 1.93. The van der Waals surface area contributed by atoms with Crippen LogP contribution in [0.1, 0.15) is 26.2 Å². The fraction of sp³-hybridized carbons (Fsp3) is 0.833. The zero-order valence-electron chi connectivity index (χ0n) is 10.7. The maximum atomic E-state index is 11.7. The van der Waals surface area contributed by atoms with E-state index in [1.54, 1.807) is 0 Å². The molecule has 1 rings (SSSR count).